The van der Waals surface area contributed by atoms with Gasteiger partial charge in [-0.15, -0.1) is 11.3 Å². The van der Waals surface area contributed by atoms with Crippen LogP contribution in [0, 0.1) is 5.92 Å². The molecule has 1 heterocycles. The van der Waals surface area contributed by atoms with E-state index in [1.165, 1.54) is 11.3 Å². The molecule has 80 valence electrons. The molecule has 0 spiro atoms. The molecule has 0 aliphatic carbocycles. The van der Waals surface area contributed by atoms with E-state index < -0.39 is 0 Å². The summed E-state index contributed by atoms with van der Waals surface area (Å²) in [5.41, 5.74) is 0. The Morgan fingerprint density at radius 3 is 2.71 bits per heavy atom. The second-order valence-electron chi connectivity index (χ2n) is 3.54. The Morgan fingerprint density at radius 1 is 1.64 bits per heavy atom. The Labute approximate surface area is 102 Å². The van der Waals surface area contributed by atoms with Crippen LogP contribution < -0.4 is 0 Å². The molecule has 1 aromatic rings. The van der Waals surface area contributed by atoms with Crippen molar-refractivity contribution < 1.29 is 5.11 Å². The predicted octanol–water partition coefficient (Wildman–Crippen LogP) is 4.63. The zero-order chi connectivity index (χ0) is 10.7. The van der Waals surface area contributed by atoms with Crippen LogP contribution in [0.2, 0.25) is 4.34 Å². The molecule has 0 aliphatic rings. The summed E-state index contributed by atoms with van der Waals surface area (Å²) in [7, 11) is 0. The van der Waals surface area contributed by atoms with Crippen LogP contribution in [0.25, 0.3) is 0 Å². The monoisotopic (exact) mass is 296 g/mol. The van der Waals surface area contributed by atoms with Gasteiger partial charge < -0.3 is 5.11 Å². The zero-order valence-corrected chi connectivity index (χ0v) is 11.4. The van der Waals surface area contributed by atoms with Crippen LogP contribution in [-0.4, -0.2) is 5.11 Å². The SMILES string of the molecule is CCC(C)CC(O)c1cc(Br)c(Cl)s1. The van der Waals surface area contributed by atoms with Gasteiger partial charge in [0, 0.05) is 9.35 Å². The molecule has 14 heavy (non-hydrogen) atoms. The number of thiophene rings is 1. The highest BCUT2D eigenvalue weighted by Gasteiger charge is 2.15. The molecule has 1 nitrogen and oxygen atoms in total. The maximum atomic E-state index is 9.89. The van der Waals surface area contributed by atoms with Gasteiger partial charge in [0.15, 0.2) is 0 Å². The van der Waals surface area contributed by atoms with Gasteiger partial charge in [-0.3, -0.25) is 0 Å². The Bertz CT molecular complexity index is 281. The third kappa shape index (κ3) is 3.23. The summed E-state index contributed by atoms with van der Waals surface area (Å²) in [5.74, 6) is 0.546. The van der Waals surface area contributed by atoms with Crippen LogP contribution in [0.3, 0.4) is 0 Å². The maximum absolute atomic E-state index is 9.89. The van der Waals surface area contributed by atoms with Gasteiger partial charge >= 0.3 is 0 Å². The number of hydrogen-bond donors (Lipinski definition) is 1. The van der Waals surface area contributed by atoms with Crippen LogP contribution >= 0.6 is 38.9 Å². The number of halogens is 2. The topological polar surface area (TPSA) is 20.2 Å². The molecule has 0 saturated carbocycles. The lowest BCUT2D eigenvalue weighted by Crippen LogP contribution is -2.01. The van der Waals surface area contributed by atoms with Crippen LogP contribution in [-0.2, 0) is 0 Å². The average molecular weight is 298 g/mol. The van der Waals surface area contributed by atoms with Crippen molar-refractivity contribution in [1.29, 1.82) is 0 Å². The fourth-order valence-corrected chi connectivity index (χ4v) is 2.93. The smallest absolute Gasteiger partial charge is 0.107 e. The van der Waals surface area contributed by atoms with E-state index in [1.54, 1.807) is 0 Å². The largest absolute Gasteiger partial charge is 0.388 e. The molecule has 1 rings (SSSR count). The van der Waals surface area contributed by atoms with Crippen molar-refractivity contribution in [3.8, 4) is 0 Å². The molecular formula is C10H14BrClOS. The van der Waals surface area contributed by atoms with E-state index in [0.29, 0.717) is 10.3 Å². The van der Waals surface area contributed by atoms with Crippen LogP contribution in [0.15, 0.2) is 10.5 Å². The number of hydrogen-bond acceptors (Lipinski definition) is 2. The minimum atomic E-state index is -0.376. The van der Waals surface area contributed by atoms with Crippen LogP contribution in [0.1, 0.15) is 37.7 Å². The van der Waals surface area contributed by atoms with E-state index in [0.717, 1.165) is 22.2 Å². The van der Waals surface area contributed by atoms with E-state index in [2.05, 4.69) is 29.8 Å². The van der Waals surface area contributed by atoms with Gasteiger partial charge in [-0.05, 0) is 34.3 Å². The van der Waals surface area contributed by atoms with E-state index >= 15 is 0 Å². The summed E-state index contributed by atoms with van der Waals surface area (Å²) in [5, 5.41) is 9.89. The molecule has 1 N–H and O–H groups in total. The van der Waals surface area contributed by atoms with E-state index in [1.807, 2.05) is 6.07 Å². The molecule has 4 heteroatoms. The average Bonchev–Trinajstić information content (AvgIpc) is 2.47. The lowest BCUT2D eigenvalue weighted by molar-refractivity contribution is 0.150. The Hall–Kier alpha value is 0.430. The van der Waals surface area contributed by atoms with Crippen LogP contribution in [0.5, 0.6) is 0 Å². The molecule has 0 amide bonds. The van der Waals surface area contributed by atoms with Crippen molar-refractivity contribution in [3.63, 3.8) is 0 Å². The first-order valence-corrected chi connectivity index (χ1v) is 6.66. The number of rotatable bonds is 4. The normalized spacial score (nSPS) is 15.5. The van der Waals surface area contributed by atoms with E-state index in [-0.39, 0.29) is 6.10 Å². The molecule has 0 aromatic carbocycles. The van der Waals surface area contributed by atoms with Gasteiger partial charge in [0.2, 0.25) is 0 Å². The summed E-state index contributed by atoms with van der Waals surface area (Å²) in [6.07, 6.45) is 1.52. The minimum absolute atomic E-state index is 0.376. The first kappa shape index (κ1) is 12.5. The van der Waals surface area contributed by atoms with Crippen molar-refractivity contribution >= 4 is 38.9 Å². The van der Waals surface area contributed by atoms with E-state index in [9.17, 15) is 5.11 Å². The molecule has 2 atom stereocenters. The summed E-state index contributed by atoms with van der Waals surface area (Å²) < 4.78 is 1.59. The molecule has 2 unspecified atom stereocenters. The van der Waals surface area contributed by atoms with Crippen molar-refractivity contribution in [2.45, 2.75) is 32.8 Å². The summed E-state index contributed by atoms with van der Waals surface area (Å²) in [4.78, 5) is 0.946. The Kier molecular flexibility index (Phi) is 4.91. The van der Waals surface area contributed by atoms with Crippen molar-refractivity contribution in [3.05, 3.63) is 19.8 Å². The molecule has 0 saturated heterocycles. The maximum Gasteiger partial charge on any atom is 0.107 e. The van der Waals surface area contributed by atoms with Gasteiger partial charge in [0.25, 0.3) is 0 Å². The second-order valence-corrected chi connectivity index (χ2v) is 6.08. The summed E-state index contributed by atoms with van der Waals surface area (Å²) in [6.45, 7) is 4.28. The lowest BCUT2D eigenvalue weighted by Gasteiger charge is -2.12. The summed E-state index contributed by atoms with van der Waals surface area (Å²) in [6, 6.07) is 1.90. The zero-order valence-electron chi connectivity index (χ0n) is 8.26. The molecule has 0 radical (unpaired) electrons. The van der Waals surface area contributed by atoms with Gasteiger partial charge in [0.05, 0.1) is 6.10 Å². The molecule has 1 aromatic heterocycles. The van der Waals surface area contributed by atoms with Crippen molar-refractivity contribution in [2.75, 3.05) is 0 Å². The van der Waals surface area contributed by atoms with Crippen LogP contribution in [0.4, 0.5) is 0 Å². The third-order valence-corrected chi connectivity index (χ3v) is 4.89. The first-order valence-electron chi connectivity index (χ1n) is 4.67. The standard InChI is InChI=1S/C10H14BrClOS/c1-3-6(2)4-8(13)9-5-7(11)10(12)14-9/h5-6,8,13H,3-4H2,1-2H3. The fourth-order valence-electron chi connectivity index (χ4n) is 1.19. The molecular weight excluding hydrogens is 284 g/mol. The molecule has 0 aliphatic heterocycles. The lowest BCUT2D eigenvalue weighted by atomic mass is 10.0. The highest BCUT2D eigenvalue weighted by Crippen LogP contribution is 2.37. The van der Waals surface area contributed by atoms with Gasteiger partial charge in [-0.1, -0.05) is 31.9 Å². The second kappa shape index (κ2) is 5.50. The predicted molar refractivity (Wildman–Crippen MR) is 66.1 cm³/mol. The third-order valence-electron chi connectivity index (χ3n) is 2.32. The Balaban J connectivity index is 2.64. The van der Waals surface area contributed by atoms with Gasteiger partial charge in [-0.25, -0.2) is 0 Å². The van der Waals surface area contributed by atoms with Gasteiger partial charge in [-0.2, -0.15) is 0 Å². The Morgan fingerprint density at radius 2 is 2.29 bits per heavy atom. The van der Waals surface area contributed by atoms with Crippen molar-refractivity contribution in [1.82, 2.24) is 0 Å². The van der Waals surface area contributed by atoms with Gasteiger partial charge in [0.1, 0.15) is 4.34 Å². The highest BCUT2D eigenvalue weighted by molar-refractivity contribution is 9.10. The minimum Gasteiger partial charge on any atom is -0.388 e. The molecule has 0 bridgehead atoms. The van der Waals surface area contributed by atoms with E-state index in [4.69, 9.17) is 11.6 Å². The summed E-state index contributed by atoms with van der Waals surface area (Å²) >= 11 is 10.7. The quantitative estimate of drug-likeness (QED) is 0.859. The first-order chi connectivity index (χ1) is 6.54. The van der Waals surface area contributed by atoms with Crippen molar-refractivity contribution in [2.24, 2.45) is 5.92 Å². The fraction of sp³-hybridized carbons (Fsp3) is 0.600. The molecule has 0 fully saturated rings. The highest BCUT2D eigenvalue weighted by atomic mass is 79.9. The number of aliphatic hydroxyl groups excluding tert-OH is 1. The number of aliphatic hydroxyl groups is 1.